The fourth-order valence-electron chi connectivity index (χ4n) is 2.49. The maximum Gasteiger partial charge on any atom is 0.184 e. The number of rotatable bonds is 2. The van der Waals surface area contributed by atoms with Crippen molar-refractivity contribution < 1.29 is 4.39 Å². The fourth-order valence-corrected chi connectivity index (χ4v) is 2.49. The summed E-state index contributed by atoms with van der Waals surface area (Å²) < 4.78 is 13.7. The molecule has 0 spiro atoms. The molecule has 1 aliphatic rings. The minimum Gasteiger partial charge on any atom is -0.399 e. The quantitative estimate of drug-likeness (QED) is 0.800. The van der Waals surface area contributed by atoms with Gasteiger partial charge in [-0.25, -0.2) is 9.37 Å². The molecule has 1 aromatic heterocycles. The SMILES string of the molecule is Nc1ccc(F)c(-c2n[nH]c(C3CCCC3)n2)c1. The zero-order valence-electron chi connectivity index (χ0n) is 9.99. The van der Waals surface area contributed by atoms with Crippen LogP contribution in [-0.2, 0) is 0 Å². The third-order valence-corrected chi connectivity index (χ3v) is 3.48. The minimum absolute atomic E-state index is 0.346. The van der Waals surface area contributed by atoms with E-state index >= 15 is 0 Å². The molecule has 5 heteroatoms. The van der Waals surface area contributed by atoms with Crippen molar-refractivity contribution in [3.8, 4) is 11.4 Å². The Hall–Kier alpha value is -1.91. The Morgan fingerprint density at radius 2 is 2.06 bits per heavy atom. The highest BCUT2D eigenvalue weighted by molar-refractivity contribution is 5.61. The topological polar surface area (TPSA) is 67.6 Å². The van der Waals surface area contributed by atoms with Crippen molar-refractivity contribution in [3.05, 3.63) is 29.8 Å². The molecule has 0 bridgehead atoms. The number of H-pyrrole nitrogens is 1. The van der Waals surface area contributed by atoms with E-state index < -0.39 is 0 Å². The number of aromatic amines is 1. The second kappa shape index (κ2) is 4.40. The third-order valence-electron chi connectivity index (χ3n) is 3.48. The molecule has 94 valence electrons. The molecule has 0 radical (unpaired) electrons. The first-order valence-electron chi connectivity index (χ1n) is 6.22. The normalized spacial score (nSPS) is 16.3. The molecule has 3 N–H and O–H groups in total. The number of aromatic nitrogens is 3. The molecule has 2 aromatic rings. The number of nitrogens with one attached hydrogen (secondary N) is 1. The summed E-state index contributed by atoms with van der Waals surface area (Å²) in [6.07, 6.45) is 4.72. The van der Waals surface area contributed by atoms with Crippen LogP contribution in [0.15, 0.2) is 18.2 Å². The van der Waals surface area contributed by atoms with Gasteiger partial charge in [0.15, 0.2) is 5.82 Å². The van der Waals surface area contributed by atoms with Gasteiger partial charge in [0.2, 0.25) is 0 Å². The highest BCUT2D eigenvalue weighted by atomic mass is 19.1. The van der Waals surface area contributed by atoms with E-state index in [1.165, 1.54) is 25.0 Å². The van der Waals surface area contributed by atoms with E-state index in [1.807, 2.05) is 0 Å². The standard InChI is InChI=1S/C13H15FN4/c14-11-6-5-9(15)7-10(11)13-16-12(17-18-13)8-3-1-2-4-8/h5-8H,1-4,15H2,(H,16,17,18). The number of hydrogen-bond acceptors (Lipinski definition) is 3. The zero-order chi connectivity index (χ0) is 12.5. The Bertz CT molecular complexity index is 558. The molecule has 1 aliphatic carbocycles. The maximum atomic E-state index is 13.7. The molecule has 1 fully saturated rings. The predicted molar refractivity (Wildman–Crippen MR) is 67.4 cm³/mol. The van der Waals surface area contributed by atoms with E-state index in [1.54, 1.807) is 6.07 Å². The summed E-state index contributed by atoms with van der Waals surface area (Å²) in [4.78, 5) is 4.40. The number of benzene rings is 1. The minimum atomic E-state index is -0.346. The number of nitrogens with two attached hydrogens (primary N) is 1. The van der Waals surface area contributed by atoms with E-state index in [2.05, 4.69) is 15.2 Å². The van der Waals surface area contributed by atoms with Gasteiger partial charge in [-0.1, -0.05) is 12.8 Å². The number of halogens is 1. The number of hydrogen-bond donors (Lipinski definition) is 2. The van der Waals surface area contributed by atoms with E-state index in [-0.39, 0.29) is 5.82 Å². The van der Waals surface area contributed by atoms with Gasteiger partial charge < -0.3 is 5.73 Å². The van der Waals surface area contributed by atoms with Gasteiger partial charge in [-0.2, -0.15) is 5.10 Å². The Labute approximate surface area is 104 Å². The molecule has 18 heavy (non-hydrogen) atoms. The summed E-state index contributed by atoms with van der Waals surface area (Å²) >= 11 is 0. The summed E-state index contributed by atoms with van der Waals surface area (Å²) in [5.74, 6) is 1.35. The van der Waals surface area contributed by atoms with Crippen LogP contribution in [0, 0.1) is 5.82 Å². The molecule has 0 atom stereocenters. The second-order valence-electron chi connectivity index (χ2n) is 4.76. The van der Waals surface area contributed by atoms with Gasteiger partial charge in [-0.05, 0) is 31.0 Å². The molecular formula is C13H15FN4. The zero-order valence-corrected chi connectivity index (χ0v) is 9.99. The van der Waals surface area contributed by atoms with Crippen molar-refractivity contribution in [2.75, 3.05) is 5.73 Å². The summed E-state index contributed by atoms with van der Waals surface area (Å²) in [6.45, 7) is 0. The second-order valence-corrected chi connectivity index (χ2v) is 4.76. The third kappa shape index (κ3) is 1.96. The Balaban J connectivity index is 1.94. The van der Waals surface area contributed by atoms with Crippen LogP contribution in [0.3, 0.4) is 0 Å². The lowest BCUT2D eigenvalue weighted by atomic mass is 10.1. The van der Waals surface area contributed by atoms with Crippen molar-refractivity contribution in [2.45, 2.75) is 31.6 Å². The lowest BCUT2D eigenvalue weighted by Crippen LogP contribution is -1.95. The van der Waals surface area contributed by atoms with Crippen molar-refractivity contribution in [2.24, 2.45) is 0 Å². The number of anilines is 1. The van der Waals surface area contributed by atoms with Crippen LogP contribution in [0.2, 0.25) is 0 Å². The average Bonchev–Trinajstić information content (AvgIpc) is 3.00. The van der Waals surface area contributed by atoms with Crippen molar-refractivity contribution in [1.82, 2.24) is 15.2 Å². The van der Waals surface area contributed by atoms with Crippen LogP contribution in [0.4, 0.5) is 10.1 Å². The van der Waals surface area contributed by atoms with Crippen LogP contribution in [0.25, 0.3) is 11.4 Å². The fraction of sp³-hybridized carbons (Fsp3) is 0.385. The number of nitrogens with zero attached hydrogens (tertiary/aromatic N) is 2. The molecule has 0 aliphatic heterocycles. The van der Waals surface area contributed by atoms with Gasteiger partial charge in [-0.3, -0.25) is 5.10 Å². The first-order valence-corrected chi connectivity index (χ1v) is 6.22. The first kappa shape index (κ1) is 11.2. The molecular weight excluding hydrogens is 231 g/mol. The Morgan fingerprint density at radius 3 is 2.83 bits per heavy atom. The smallest absolute Gasteiger partial charge is 0.184 e. The van der Waals surface area contributed by atoms with Crippen molar-refractivity contribution in [3.63, 3.8) is 0 Å². The molecule has 4 nitrogen and oxygen atoms in total. The van der Waals surface area contributed by atoms with Gasteiger partial charge in [0, 0.05) is 11.6 Å². The van der Waals surface area contributed by atoms with Gasteiger partial charge >= 0.3 is 0 Å². The largest absolute Gasteiger partial charge is 0.399 e. The first-order chi connectivity index (χ1) is 8.74. The van der Waals surface area contributed by atoms with E-state index in [9.17, 15) is 4.39 Å². The summed E-state index contributed by atoms with van der Waals surface area (Å²) in [6, 6.07) is 4.44. The Morgan fingerprint density at radius 1 is 1.28 bits per heavy atom. The van der Waals surface area contributed by atoms with Crippen LogP contribution >= 0.6 is 0 Å². The van der Waals surface area contributed by atoms with Crippen molar-refractivity contribution in [1.29, 1.82) is 0 Å². The molecule has 3 rings (SSSR count). The van der Waals surface area contributed by atoms with Crippen LogP contribution in [0.1, 0.15) is 37.4 Å². The molecule has 0 unspecified atom stereocenters. The van der Waals surface area contributed by atoms with Gasteiger partial charge in [0.05, 0.1) is 5.56 Å². The molecule has 0 amide bonds. The van der Waals surface area contributed by atoms with Crippen LogP contribution in [0.5, 0.6) is 0 Å². The highest BCUT2D eigenvalue weighted by Crippen LogP contribution is 2.33. The average molecular weight is 246 g/mol. The molecule has 1 aromatic carbocycles. The predicted octanol–water partition coefficient (Wildman–Crippen LogP) is 2.85. The number of nitrogen functional groups attached to an aromatic ring is 1. The molecule has 1 saturated carbocycles. The lowest BCUT2D eigenvalue weighted by Gasteiger charge is -2.02. The van der Waals surface area contributed by atoms with E-state index in [0.29, 0.717) is 23.0 Å². The van der Waals surface area contributed by atoms with Crippen LogP contribution < -0.4 is 5.73 Å². The summed E-state index contributed by atoms with van der Waals surface area (Å²) in [5, 5.41) is 7.03. The maximum absolute atomic E-state index is 13.7. The lowest BCUT2D eigenvalue weighted by molar-refractivity contribution is 0.630. The Kier molecular flexibility index (Phi) is 2.74. The summed E-state index contributed by atoms with van der Waals surface area (Å²) in [5.41, 5.74) is 6.53. The van der Waals surface area contributed by atoms with E-state index in [0.717, 1.165) is 18.7 Å². The van der Waals surface area contributed by atoms with E-state index in [4.69, 9.17) is 5.73 Å². The molecule has 0 saturated heterocycles. The highest BCUT2D eigenvalue weighted by Gasteiger charge is 2.21. The van der Waals surface area contributed by atoms with Crippen LogP contribution in [-0.4, -0.2) is 15.2 Å². The molecule has 1 heterocycles. The van der Waals surface area contributed by atoms with Gasteiger partial charge in [0.1, 0.15) is 11.6 Å². The monoisotopic (exact) mass is 246 g/mol. The van der Waals surface area contributed by atoms with Gasteiger partial charge in [-0.15, -0.1) is 0 Å². The van der Waals surface area contributed by atoms with Gasteiger partial charge in [0.25, 0.3) is 0 Å². The van der Waals surface area contributed by atoms with Crippen molar-refractivity contribution >= 4 is 5.69 Å². The summed E-state index contributed by atoms with van der Waals surface area (Å²) in [7, 11) is 0.